The van der Waals surface area contributed by atoms with E-state index in [4.69, 9.17) is 0 Å². The number of aryl methyl sites for hydroxylation is 2. The van der Waals surface area contributed by atoms with Crippen LogP contribution in [0.15, 0.2) is 18.2 Å². The van der Waals surface area contributed by atoms with Crippen molar-refractivity contribution in [1.29, 1.82) is 0 Å². The van der Waals surface area contributed by atoms with Gasteiger partial charge in [0.15, 0.2) is 0 Å². The monoisotopic (exact) mass is 233 g/mol. The Morgan fingerprint density at radius 2 is 1.59 bits per heavy atom. The number of rotatable bonds is 6. The van der Waals surface area contributed by atoms with Crippen molar-refractivity contribution in [2.75, 3.05) is 13.6 Å². The van der Waals surface area contributed by atoms with Crippen molar-refractivity contribution in [2.24, 2.45) is 5.41 Å². The van der Waals surface area contributed by atoms with E-state index in [9.17, 15) is 0 Å². The molecule has 1 N–H and O–H groups in total. The highest BCUT2D eigenvalue weighted by Crippen LogP contribution is 2.32. The van der Waals surface area contributed by atoms with Crippen LogP contribution in [0.3, 0.4) is 0 Å². The molecule has 0 fully saturated rings. The van der Waals surface area contributed by atoms with Gasteiger partial charge in [0, 0.05) is 6.54 Å². The van der Waals surface area contributed by atoms with E-state index in [1.165, 1.54) is 30.4 Å². The molecular weight excluding hydrogens is 206 g/mol. The Morgan fingerprint density at radius 1 is 1.06 bits per heavy atom. The second-order valence-corrected chi connectivity index (χ2v) is 5.28. The maximum absolute atomic E-state index is 3.37. The summed E-state index contributed by atoms with van der Waals surface area (Å²) >= 11 is 0. The van der Waals surface area contributed by atoms with Crippen LogP contribution in [-0.2, 0) is 6.42 Å². The van der Waals surface area contributed by atoms with Crippen LogP contribution in [0.2, 0.25) is 0 Å². The third-order valence-electron chi connectivity index (χ3n) is 4.25. The van der Waals surface area contributed by atoms with Crippen molar-refractivity contribution in [3.63, 3.8) is 0 Å². The number of nitrogens with one attached hydrogen (secondary N) is 1. The van der Waals surface area contributed by atoms with Gasteiger partial charge in [-0.25, -0.2) is 0 Å². The summed E-state index contributed by atoms with van der Waals surface area (Å²) in [5.74, 6) is 0. The van der Waals surface area contributed by atoms with E-state index in [1.54, 1.807) is 5.56 Å². The SMILES string of the molecule is CCC(CC)(CNC)Cc1c(C)cccc1C. The Balaban J connectivity index is 3.01. The van der Waals surface area contributed by atoms with Gasteiger partial charge in [-0.1, -0.05) is 32.0 Å². The Hall–Kier alpha value is -0.820. The second kappa shape index (κ2) is 6.20. The Kier molecular flexibility index (Phi) is 5.20. The molecule has 17 heavy (non-hydrogen) atoms. The molecule has 0 saturated carbocycles. The molecule has 0 spiro atoms. The molecule has 0 aliphatic heterocycles. The second-order valence-electron chi connectivity index (χ2n) is 5.28. The van der Waals surface area contributed by atoms with Crippen LogP contribution < -0.4 is 5.32 Å². The first kappa shape index (κ1) is 14.2. The molecule has 0 atom stereocenters. The standard InChI is InChI=1S/C16H27N/c1-6-16(7-2,12-17-5)11-15-13(3)9-8-10-14(15)4/h8-10,17H,6-7,11-12H2,1-5H3. The minimum atomic E-state index is 0.408. The van der Waals surface area contributed by atoms with Gasteiger partial charge in [0.05, 0.1) is 0 Å². The minimum Gasteiger partial charge on any atom is -0.319 e. The molecule has 1 aromatic rings. The van der Waals surface area contributed by atoms with Gasteiger partial charge in [0.25, 0.3) is 0 Å². The fraction of sp³-hybridized carbons (Fsp3) is 0.625. The molecule has 1 heteroatoms. The van der Waals surface area contributed by atoms with Gasteiger partial charge in [-0.15, -0.1) is 0 Å². The van der Waals surface area contributed by atoms with Gasteiger partial charge < -0.3 is 5.32 Å². The fourth-order valence-electron chi connectivity index (χ4n) is 2.69. The molecule has 1 nitrogen and oxygen atoms in total. The molecular formula is C16H27N. The van der Waals surface area contributed by atoms with Crippen molar-refractivity contribution in [2.45, 2.75) is 47.0 Å². The molecule has 0 radical (unpaired) electrons. The summed E-state index contributed by atoms with van der Waals surface area (Å²) in [4.78, 5) is 0. The summed E-state index contributed by atoms with van der Waals surface area (Å²) in [5, 5.41) is 3.37. The fourth-order valence-corrected chi connectivity index (χ4v) is 2.69. The van der Waals surface area contributed by atoms with Crippen molar-refractivity contribution < 1.29 is 0 Å². The van der Waals surface area contributed by atoms with E-state index in [2.05, 4.69) is 58.3 Å². The topological polar surface area (TPSA) is 12.0 Å². The van der Waals surface area contributed by atoms with Crippen LogP contribution in [0.25, 0.3) is 0 Å². The average molecular weight is 233 g/mol. The van der Waals surface area contributed by atoms with Crippen molar-refractivity contribution in [3.05, 3.63) is 34.9 Å². The molecule has 0 amide bonds. The van der Waals surface area contributed by atoms with Crippen LogP contribution in [-0.4, -0.2) is 13.6 Å². The summed E-state index contributed by atoms with van der Waals surface area (Å²) in [6.45, 7) is 10.2. The maximum Gasteiger partial charge on any atom is 0.000779 e. The van der Waals surface area contributed by atoms with Gasteiger partial charge in [-0.05, 0) is 62.3 Å². The lowest BCUT2D eigenvalue weighted by Gasteiger charge is -2.33. The quantitative estimate of drug-likeness (QED) is 0.786. The van der Waals surface area contributed by atoms with E-state index < -0.39 is 0 Å². The number of benzene rings is 1. The first-order chi connectivity index (χ1) is 8.08. The Morgan fingerprint density at radius 3 is 2.00 bits per heavy atom. The molecule has 96 valence electrons. The molecule has 0 unspecified atom stereocenters. The van der Waals surface area contributed by atoms with E-state index >= 15 is 0 Å². The Labute approximate surface area is 107 Å². The zero-order valence-corrected chi connectivity index (χ0v) is 12.1. The molecule has 0 aliphatic rings. The first-order valence-corrected chi connectivity index (χ1v) is 6.78. The molecule has 0 heterocycles. The van der Waals surface area contributed by atoms with Crippen molar-refractivity contribution in [1.82, 2.24) is 5.32 Å². The highest BCUT2D eigenvalue weighted by Gasteiger charge is 2.26. The molecule has 0 aliphatic carbocycles. The molecule has 1 aromatic carbocycles. The summed E-state index contributed by atoms with van der Waals surface area (Å²) in [7, 11) is 2.06. The van der Waals surface area contributed by atoms with Crippen LogP contribution in [0, 0.1) is 19.3 Å². The molecule has 0 saturated heterocycles. The lowest BCUT2D eigenvalue weighted by molar-refractivity contribution is 0.252. The third-order valence-corrected chi connectivity index (χ3v) is 4.25. The lowest BCUT2D eigenvalue weighted by Crippen LogP contribution is -2.34. The zero-order valence-electron chi connectivity index (χ0n) is 12.1. The van der Waals surface area contributed by atoms with Crippen molar-refractivity contribution >= 4 is 0 Å². The summed E-state index contributed by atoms with van der Waals surface area (Å²) < 4.78 is 0. The normalized spacial score (nSPS) is 11.8. The van der Waals surface area contributed by atoms with Crippen LogP contribution >= 0.6 is 0 Å². The molecule has 0 bridgehead atoms. The van der Waals surface area contributed by atoms with E-state index in [1.807, 2.05) is 0 Å². The highest BCUT2D eigenvalue weighted by atomic mass is 14.8. The van der Waals surface area contributed by atoms with Crippen molar-refractivity contribution in [3.8, 4) is 0 Å². The number of hydrogen-bond donors (Lipinski definition) is 1. The van der Waals surface area contributed by atoms with E-state index in [0.29, 0.717) is 5.41 Å². The van der Waals surface area contributed by atoms with Crippen LogP contribution in [0.4, 0.5) is 0 Å². The summed E-state index contributed by atoms with van der Waals surface area (Å²) in [5.41, 5.74) is 4.83. The molecule has 1 rings (SSSR count). The maximum atomic E-state index is 3.37. The van der Waals surface area contributed by atoms with Gasteiger partial charge in [0.2, 0.25) is 0 Å². The first-order valence-electron chi connectivity index (χ1n) is 6.78. The summed E-state index contributed by atoms with van der Waals surface area (Å²) in [6, 6.07) is 6.63. The summed E-state index contributed by atoms with van der Waals surface area (Å²) in [6.07, 6.45) is 3.66. The minimum absolute atomic E-state index is 0.408. The lowest BCUT2D eigenvalue weighted by atomic mass is 9.75. The average Bonchev–Trinajstić information content (AvgIpc) is 2.33. The van der Waals surface area contributed by atoms with E-state index in [0.717, 1.165) is 6.54 Å². The Bertz CT molecular complexity index is 330. The van der Waals surface area contributed by atoms with Crippen LogP contribution in [0.5, 0.6) is 0 Å². The smallest absolute Gasteiger partial charge is 0.000779 e. The van der Waals surface area contributed by atoms with Gasteiger partial charge in [0.1, 0.15) is 0 Å². The predicted octanol–water partition coefficient (Wildman–Crippen LogP) is 3.87. The van der Waals surface area contributed by atoms with Crippen LogP contribution in [0.1, 0.15) is 43.4 Å². The largest absolute Gasteiger partial charge is 0.319 e. The zero-order chi connectivity index (χ0) is 12.9. The number of hydrogen-bond acceptors (Lipinski definition) is 1. The van der Waals surface area contributed by atoms with E-state index in [-0.39, 0.29) is 0 Å². The predicted molar refractivity (Wildman–Crippen MR) is 76.6 cm³/mol. The van der Waals surface area contributed by atoms with Gasteiger partial charge in [-0.3, -0.25) is 0 Å². The van der Waals surface area contributed by atoms with Gasteiger partial charge >= 0.3 is 0 Å². The highest BCUT2D eigenvalue weighted by molar-refractivity contribution is 5.34. The third kappa shape index (κ3) is 3.32. The molecule has 0 aromatic heterocycles. The van der Waals surface area contributed by atoms with Gasteiger partial charge in [-0.2, -0.15) is 0 Å².